The molecule has 0 N–H and O–H groups in total. The van der Waals surface area contributed by atoms with E-state index in [4.69, 9.17) is 23.8 Å². The van der Waals surface area contributed by atoms with Crippen LogP contribution in [0.15, 0.2) is 258 Å². The fourth-order valence-electron chi connectivity index (χ4n) is 12.4. The Bertz CT molecular complexity index is 4610. The Morgan fingerprint density at radius 1 is 0.240 bits per heavy atom. The quantitative estimate of drug-likeness (QED) is 0.166. The van der Waals surface area contributed by atoms with E-state index in [2.05, 4.69) is 200 Å². The minimum atomic E-state index is -0.410. The van der Waals surface area contributed by atoms with Crippen molar-refractivity contribution < 1.29 is 8.83 Å². The summed E-state index contributed by atoms with van der Waals surface area (Å²) in [5, 5.41) is 3.99. The summed E-state index contributed by atoms with van der Waals surface area (Å²) in [4.78, 5) is 15.8. The third kappa shape index (κ3) is 6.22. The summed E-state index contributed by atoms with van der Waals surface area (Å²) < 4.78 is 12.9. The summed E-state index contributed by atoms with van der Waals surface area (Å²) in [6, 6.07) is 88.8. The van der Waals surface area contributed by atoms with Crippen molar-refractivity contribution in [1.82, 2.24) is 15.0 Å². The Kier molecular flexibility index (Phi) is 8.89. The highest BCUT2D eigenvalue weighted by Crippen LogP contribution is 2.63. The predicted molar refractivity (Wildman–Crippen MR) is 303 cm³/mol. The number of fused-ring (bicyclic) bond motifs is 16. The third-order valence-corrected chi connectivity index (χ3v) is 15.8. The Hall–Kier alpha value is -9.97. The molecule has 0 saturated heterocycles. The van der Waals surface area contributed by atoms with Gasteiger partial charge in [0.25, 0.3) is 0 Å². The summed E-state index contributed by atoms with van der Waals surface area (Å²) in [6.45, 7) is 0. The molecule has 2 aliphatic carbocycles. The molecule has 75 heavy (non-hydrogen) atoms. The molecule has 0 bridgehead atoms. The molecule has 14 aromatic rings. The molecule has 5 nitrogen and oxygen atoms in total. The highest BCUT2D eigenvalue weighted by atomic mass is 16.3. The van der Waals surface area contributed by atoms with Crippen molar-refractivity contribution in [3.63, 3.8) is 0 Å². The molecule has 348 valence electrons. The summed E-state index contributed by atoms with van der Waals surface area (Å²) >= 11 is 0. The van der Waals surface area contributed by atoms with Crippen molar-refractivity contribution in [2.75, 3.05) is 0 Å². The number of aromatic nitrogens is 3. The minimum Gasteiger partial charge on any atom is -0.456 e. The topological polar surface area (TPSA) is 65.0 Å². The molecule has 0 fully saturated rings. The van der Waals surface area contributed by atoms with Crippen LogP contribution in [0.4, 0.5) is 0 Å². The number of hydrogen-bond donors (Lipinski definition) is 0. The van der Waals surface area contributed by atoms with E-state index in [1.807, 2.05) is 48.5 Å². The van der Waals surface area contributed by atoms with Crippen molar-refractivity contribution in [1.29, 1.82) is 0 Å². The number of hydrogen-bond acceptors (Lipinski definition) is 5. The highest BCUT2D eigenvalue weighted by molar-refractivity contribution is 6.13. The molecule has 0 radical (unpaired) electrons. The molecule has 0 saturated carbocycles. The first-order valence-electron chi connectivity index (χ1n) is 25.5. The van der Waals surface area contributed by atoms with Crippen LogP contribution in [0.25, 0.3) is 134 Å². The lowest BCUT2D eigenvalue weighted by Crippen LogP contribution is -2.25. The molecule has 0 atom stereocenters. The molecule has 16 rings (SSSR count). The van der Waals surface area contributed by atoms with E-state index >= 15 is 0 Å². The van der Waals surface area contributed by atoms with Crippen LogP contribution < -0.4 is 0 Å². The van der Waals surface area contributed by atoms with E-state index in [1.54, 1.807) is 0 Å². The fourth-order valence-corrected chi connectivity index (χ4v) is 12.4. The number of rotatable bonds is 6. The maximum atomic E-state index is 6.66. The Labute approximate surface area is 431 Å². The zero-order chi connectivity index (χ0) is 49.2. The van der Waals surface area contributed by atoms with Crippen LogP contribution >= 0.6 is 0 Å². The number of furan rings is 2. The van der Waals surface area contributed by atoms with Crippen LogP contribution in [0.5, 0.6) is 0 Å². The molecular formula is C70H41N3O2. The molecule has 5 heteroatoms. The lowest BCUT2D eigenvalue weighted by molar-refractivity contribution is 0.668. The van der Waals surface area contributed by atoms with Gasteiger partial charge in [-0.25, -0.2) is 15.0 Å². The van der Waals surface area contributed by atoms with Gasteiger partial charge in [0.2, 0.25) is 0 Å². The van der Waals surface area contributed by atoms with Crippen LogP contribution in [0.1, 0.15) is 22.3 Å². The van der Waals surface area contributed by atoms with Gasteiger partial charge in [-0.3, -0.25) is 0 Å². The van der Waals surface area contributed by atoms with E-state index in [0.29, 0.717) is 17.5 Å². The summed E-state index contributed by atoms with van der Waals surface area (Å²) in [5.41, 5.74) is 22.7. The lowest BCUT2D eigenvalue weighted by atomic mass is 9.70. The molecular weight excluding hydrogens is 915 g/mol. The van der Waals surface area contributed by atoms with Gasteiger partial charge in [-0.05, 0) is 139 Å². The van der Waals surface area contributed by atoms with Gasteiger partial charge in [0.15, 0.2) is 17.5 Å². The minimum absolute atomic E-state index is 0.410. The monoisotopic (exact) mass is 955 g/mol. The van der Waals surface area contributed by atoms with Gasteiger partial charge in [-0.15, -0.1) is 0 Å². The second kappa shape index (κ2) is 16.0. The molecule has 3 aromatic heterocycles. The van der Waals surface area contributed by atoms with E-state index in [0.717, 1.165) is 88.4 Å². The molecule has 0 amide bonds. The summed E-state index contributed by atoms with van der Waals surface area (Å²) in [5.74, 6) is 1.70. The first kappa shape index (κ1) is 41.6. The van der Waals surface area contributed by atoms with Gasteiger partial charge in [0.05, 0.1) is 5.41 Å². The first-order valence-corrected chi connectivity index (χ1v) is 25.5. The number of para-hydroxylation sites is 1. The standard InChI is InChI=1S/C70H41N3O2/c1-2-15-42(16-3-1)43-17-13-20-48(38-43)67-71-68(49-33-36-63-56(40-49)54-24-7-11-29-62(54)74-63)73-69(72-67)55-25-14-30-65-66(55)57-39-46(32-35-64(57)75-65)44-18-12-19-45(37-44)47-31-34-53-52-23-6-10-28-60(52)70(61(53)41-47)58-26-8-4-21-50(58)51-22-5-9-27-59(51)70/h1-41H. The van der Waals surface area contributed by atoms with Gasteiger partial charge in [-0.2, -0.15) is 0 Å². The van der Waals surface area contributed by atoms with Crippen molar-refractivity contribution in [3.8, 4) is 89.8 Å². The normalized spacial score (nSPS) is 12.9. The van der Waals surface area contributed by atoms with Gasteiger partial charge in [-0.1, -0.05) is 188 Å². The highest BCUT2D eigenvalue weighted by Gasteiger charge is 2.51. The Balaban J connectivity index is 0.834. The molecule has 1 spiro atoms. The SMILES string of the molecule is c1ccc(-c2cccc(-c3nc(-c4ccc5oc6ccccc6c5c4)nc(-c4cccc5oc6ccc(-c7cccc(-c8ccc9c(c8)C8(c%10ccccc%10-c%10ccccc%108)c8ccccc8-9)c7)cc6c45)n3)c2)cc1. The van der Waals surface area contributed by atoms with Gasteiger partial charge in [0.1, 0.15) is 22.3 Å². The molecule has 2 aliphatic rings. The van der Waals surface area contributed by atoms with Crippen LogP contribution in [0, 0.1) is 0 Å². The van der Waals surface area contributed by atoms with Crippen molar-refractivity contribution in [2.24, 2.45) is 0 Å². The summed E-state index contributed by atoms with van der Waals surface area (Å²) in [6.07, 6.45) is 0. The maximum absolute atomic E-state index is 6.66. The Morgan fingerprint density at radius 2 is 0.667 bits per heavy atom. The predicted octanol–water partition coefficient (Wildman–Crippen LogP) is 18.0. The zero-order valence-corrected chi connectivity index (χ0v) is 40.3. The first-order chi connectivity index (χ1) is 37.1. The van der Waals surface area contributed by atoms with E-state index < -0.39 is 5.41 Å². The molecule has 11 aromatic carbocycles. The van der Waals surface area contributed by atoms with Crippen molar-refractivity contribution >= 4 is 43.9 Å². The van der Waals surface area contributed by atoms with Crippen molar-refractivity contribution in [2.45, 2.75) is 5.41 Å². The van der Waals surface area contributed by atoms with Gasteiger partial charge < -0.3 is 8.83 Å². The molecule has 0 aliphatic heterocycles. The lowest BCUT2D eigenvalue weighted by Gasteiger charge is -2.30. The maximum Gasteiger partial charge on any atom is 0.164 e. The van der Waals surface area contributed by atoms with Gasteiger partial charge >= 0.3 is 0 Å². The summed E-state index contributed by atoms with van der Waals surface area (Å²) in [7, 11) is 0. The molecule has 0 unspecified atom stereocenters. The van der Waals surface area contributed by atoms with E-state index in [9.17, 15) is 0 Å². The Morgan fingerprint density at radius 3 is 1.39 bits per heavy atom. The van der Waals surface area contributed by atoms with Crippen molar-refractivity contribution in [3.05, 3.63) is 271 Å². The largest absolute Gasteiger partial charge is 0.456 e. The van der Waals surface area contributed by atoms with Crippen LogP contribution in [-0.4, -0.2) is 15.0 Å². The van der Waals surface area contributed by atoms with Crippen LogP contribution in [0.3, 0.4) is 0 Å². The zero-order valence-electron chi connectivity index (χ0n) is 40.3. The fraction of sp³-hybridized carbons (Fsp3) is 0.0143. The van der Waals surface area contributed by atoms with E-state index in [1.165, 1.54) is 50.1 Å². The average Bonchev–Trinajstić information content (AvgIpc) is 4.42. The smallest absolute Gasteiger partial charge is 0.164 e. The third-order valence-electron chi connectivity index (χ3n) is 15.8. The second-order valence-electron chi connectivity index (χ2n) is 19.8. The van der Waals surface area contributed by atoms with Crippen LogP contribution in [-0.2, 0) is 5.41 Å². The van der Waals surface area contributed by atoms with Gasteiger partial charge in [0, 0.05) is 38.2 Å². The van der Waals surface area contributed by atoms with Crippen LogP contribution in [0.2, 0.25) is 0 Å². The molecule has 3 heterocycles. The number of nitrogens with zero attached hydrogens (tertiary/aromatic N) is 3. The average molecular weight is 956 g/mol. The second-order valence-corrected chi connectivity index (χ2v) is 19.8. The van der Waals surface area contributed by atoms with E-state index in [-0.39, 0.29) is 0 Å². The number of benzene rings is 11.